The molecule has 0 saturated carbocycles. The highest BCUT2D eigenvalue weighted by atomic mass is 32.1. The largest absolute Gasteiger partial charge is 0.455 e. The number of hydrogen-bond acceptors (Lipinski definition) is 8. The Hall–Kier alpha value is -2.13. The highest BCUT2D eigenvalue weighted by Gasteiger charge is 2.38. The van der Waals surface area contributed by atoms with Crippen LogP contribution in [-0.4, -0.2) is 70.4 Å². The third-order valence-electron chi connectivity index (χ3n) is 8.05. The average Bonchev–Trinajstić information content (AvgIpc) is 3.38. The zero-order valence-electron chi connectivity index (χ0n) is 25.2. The van der Waals surface area contributed by atoms with E-state index in [0.717, 1.165) is 38.6 Å². The molecule has 0 aromatic carbocycles. The summed E-state index contributed by atoms with van der Waals surface area (Å²) in [4.78, 5) is 60.2. The Kier molecular flexibility index (Phi) is 13.2. The van der Waals surface area contributed by atoms with Gasteiger partial charge in [0.15, 0.2) is 17.7 Å². The highest BCUT2D eigenvalue weighted by molar-refractivity contribution is 7.09. The maximum absolute atomic E-state index is 14.3. The van der Waals surface area contributed by atoms with Crippen molar-refractivity contribution in [2.75, 3.05) is 20.1 Å². The van der Waals surface area contributed by atoms with Crippen LogP contribution in [0.2, 0.25) is 0 Å². The van der Waals surface area contributed by atoms with Crippen molar-refractivity contribution in [1.82, 2.24) is 14.8 Å². The van der Waals surface area contributed by atoms with Gasteiger partial charge in [-0.1, -0.05) is 47.5 Å². The van der Waals surface area contributed by atoms with Gasteiger partial charge in [-0.05, 0) is 44.7 Å². The van der Waals surface area contributed by atoms with Crippen LogP contribution in [0, 0.1) is 17.8 Å². The number of nitrogens with zero attached hydrogens (tertiary/aromatic N) is 3. The topological polar surface area (TPSA) is 96.9 Å². The summed E-state index contributed by atoms with van der Waals surface area (Å²) in [7, 11) is 2.01. The normalized spacial score (nSPS) is 19.3. The van der Waals surface area contributed by atoms with Crippen LogP contribution in [0.15, 0.2) is 5.38 Å². The summed E-state index contributed by atoms with van der Waals surface area (Å²) in [5.74, 6) is -0.691. The molecule has 1 aromatic rings. The summed E-state index contributed by atoms with van der Waals surface area (Å²) in [5.41, 5.74) is 0.345. The minimum Gasteiger partial charge on any atom is -0.455 e. The number of esters is 1. The summed E-state index contributed by atoms with van der Waals surface area (Å²) >= 11 is 1.29. The molecule has 8 nitrogen and oxygen atoms in total. The maximum atomic E-state index is 14.3. The third-order valence-corrected chi connectivity index (χ3v) is 8.99. The van der Waals surface area contributed by atoms with Crippen molar-refractivity contribution in [3.63, 3.8) is 0 Å². The zero-order chi connectivity index (χ0) is 29.3. The van der Waals surface area contributed by atoms with Crippen molar-refractivity contribution in [3.05, 3.63) is 16.1 Å². The molecule has 5 atom stereocenters. The van der Waals surface area contributed by atoms with Gasteiger partial charge in [-0.15, -0.1) is 11.3 Å². The van der Waals surface area contributed by atoms with E-state index in [9.17, 15) is 19.2 Å². The van der Waals surface area contributed by atoms with Crippen LogP contribution in [0.4, 0.5) is 0 Å². The van der Waals surface area contributed by atoms with Crippen LogP contribution in [-0.2, 0) is 19.1 Å². The van der Waals surface area contributed by atoms with Gasteiger partial charge in [0, 0.05) is 50.6 Å². The molecule has 220 valence electrons. The lowest BCUT2D eigenvalue weighted by Crippen LogP contribution is -2.50. The molecule has 0 spiro atoms. The number of aromatic nitrogens is 1. The number of ketones is 2. The summed E-state index contributed by atoms with van der Waals surface area (Å²) < 4.78 is 5.70. The Morgan fingerprint density at radius 1 is 1.15 bits per heavy atom. The number of carbonyl (C=O) groups excluding carboxylic acids is 4. The van der Waals surface area contributed by atoms with E-state index < -0.39 is 18.0 Å². The molecule has 0 radical (unpaired) electrons. The Balaban J connectivity index is 2.38. The standard InChI is InChI=1S/C30H49N3O5S/c1-9-14-33(30(37)23(20(5)10-2)16-27(36)25-13-11-12-15-32(25)8)26(19(3)4)17-28(38-22(7)35)29-31-24(18-39-29)21(6)34/h18-20,23,25-26,28H,9-17H2,1-8H3/t20-,23-,25+,26+,28+/m0/s1. The molecule has 0 aliphatic carbocycles. The number of thiazole rings is 1. The number of hydrogen-bond donors (Lipinski definition) is 0. The number of carbonyl (C=O) groups is 4. The van der Waals surface area contributed by atoms with Crippen molar-refractivity contribution in [2.24, 2.45) is 17.8 Å². The summed E-state index contributed by atoms with van der Waals surface area (Å²) in [6, 6.07) is -0.349. The zero-order valence-corrected chi connectivity index (χ0v) is 26.0. The van der Waals surface area contributed by atoms with Crippen LogP contribution in [0.25, 0.3) is 0 Å². The summed E-state index contributed by atoms with van der Waals surface area (Å²) in [6.07, 6.45) is 4.52. The first-order chi connectivity index (χ1) is 18.4. The number of likely N-dealkylation sites (N-methyl/N-ethyl adjacent to an activating group) is 1. The number of ether oxygens (including phenoxy) is 1. The predicted molar refractivity (Wildman–Crippen MR) is 155 cm³/mol. The lowest BCUT2D eigenvalue weighted by molar-refractivity contribution is -0.150. The number of likely N-dealkylation sites (tertiary alicyclic amines) is 1. The highest BCUT2D eigenvalue weighted by Crippen LogP contribution is 2.33. The van der Waals surface area contributed by atoms with Crippen LogP contribution >= 0.6 is 11.3 Å². The Morgan fingerprint density at radius 2 is 1.85 bits per heavy atom. The van der Waals surface area contributed by atoms with E-state index in [-0.39, 0.29) is 47.8 Å². The number of rotatable bonds is 15. The molecule has 0 N–H and O–H groups in total. The molecule has 0 unspecified atom stereocenters. The van der Waals surface area contributed by atoms with E-state index in [2.05, 4.69) is 37.6 Å². The van der Waals surface area contributed by atoms with Crippen molar-refractivity contribution in [3.8, 4) is 0 Å². The molecule has 0 bridgehead atoms. The van der Waals surface area contributed by atoms with E-state index in [1.165, 1.54) is 25.2 Å². The monoisotopic (exact) mass is 563 g/mol. The first-order valence-electron chi connectivity index (χ1n) is 14.6. The second-order valence-corrected chi connectivity index (χ2v) is 12.3. The molecular weight excluding hydrogens is 514 g/mol. The Bertz CT molecular complexity index is 978. The number of amides is 1. The first kappa shape index (κ1) is 33.1. The van der Waals surface area contributed by atoms with E-state index in [4.69, 9.17) is 4.74 Å². The Labute approximate surface area is 238 Å². The van der Waals surface area contributed by atoms with E-state index in [1.54, 1.807) is 5.38 Å². The van der Waals surface area contributed by atoms with Gasteiger partial charge in [-0.25, -0.2) is 4.98 Å². The SMILES string of the molecule is CCCN(C(=O)[C@@H](CC(=O)[C@H]1CCCCN1C)[C@@H](C)CC)[C@H](C[C@@H](OC(C)=O)c1nc(C(C)=O)cs1)C(C)C. The molecule has 1 aromatic heterocycles. The van der Waals surface area contributed by atoms with Crippen LogP contribution in [0.1, 0.15) is 115 Å². The van der Waals surface area contributed by atoms with Crippen molar-refractivity contribution in [1.29, 1.82) is 0 Å². The van der Waals surface area contributed by atoms with Gasteiger partial charge in [0.25, 0.3) is 0 Å². The quantitative estimate of drug-likeness (QED) is 0.199. The lowest BCUT2D eigenvalue weighted by atomic mass is 9.82. The second-order valence-electron chi connectivity index (χ2n) is 11.5. The van der Waals surface area contributed by atoms with Gasteiger partial charge in [0.2, 0.25) is 5.91 Å². The number of Topliss-reactive ketones (excluding diaryl/α,β-unsaturated/α-hetero) is 2. The fourth-order valence-electron chi connectivity index (χ4n) is 5.52. The molecule has 1 amide bonds. The van der Waals surface area contributed by atoms with Gasteiger partial charge in [0.1, 0.15) is 10.7 Å². The molecular formula is C30H49N3O5S. The van der Waals surface area contributed by atoms with Gasteiger partial charge < -0.3 is 9.64 Å². The van der Waals surface area contributed by atoms with Crippen molar-refractivity contribution < 1.29 is 23.9 Å². The first-order valence-corrected chi connectivity index (χ1v) is 15.5. The Morgan fingerprint density at radius 3 is 2.36 bits per heavy atom. The molecule has 1 saturated heterocycles. The molecule has 1 fully saturated rings. The average molecular weight is 564 g/mol. The molecule has 9 heteroatoms. The smallest absolute Gasteiger partial charge is 0.303 e. The number of piperidine rings is 1. The van der Waals surface area contributed by atoms with Crippen LogP contribution in [0.3, 0.4) is 0 Å². The molecule has 2 heterocycles. The van der Waals surface area contributed by atoms with Crippen molar-refractivity contribution >= 4 is 34.8 Å². The van der Waals surface area contributed by atoms with E-state index >= 15 is 0 Å². The molecule has 39 heavy (non-hydrogen) atoms. The van der Waals surface area contributed by atoms with E-state index in [1.807, 2.05) is 18.9 Å². The molecule has 1 aliphatic rings. The fourth-order valence-corrected chi connectivity index (χ4v) is 6.42. The van der Waals surface area contributed by atoms with Gasteiger partial charge >= 0.3 is 5.97 Å². The lowest BCUT2D eigenvalue weighted by Gasteiger charge is -2.39. The van der Waals surface area contributed by atoms with Gasteiger partial charge in [-0.2, -0.15) is 0 Å². The maximum Gasteiger partial charge on any atom is 0.303 e. The van der Waals surface area contributed by atoms with Crippen molar-refractivity contribution in [2.45, 2.75) is 112 Å². The molecule has 1 aliphatic heterocycles. The van der Waals surface area contributed by atoms with E-state index in [0.29, 0.717) is 23.7 Å². The van der Waals surface area contributed by atoms with Crippen LogP contribution < -0.4 is 0 Å². The minimum atomic E-state index is -0.667. The third kappa shape index (κ3) is 9.20. The molecule has 2 rings (SSSR count). The van der Waals surface area contributed by atoms with Crippen LogP contribution in [0.5, 0.6) is 0 Å². The second kappa shape index (κ2) is 15.6. The summed E-state index contributed by atoms with van der Waals surface area (Å²) in [5, 5.41) is 2.24. The minimum absolute atomic E-state index is 0.00171. The fraction of sp³-hybridized carbons (Fsp3) is 0.767. The predicted octanol–water partition coefficient (Wildman–Crippen LogP) is 5.71. The van der Waals surface area contributed by atoms with Gasteiger partial charge in [-0.3, -0.25) is 24.1 Å². The summed E-state index contributed by atoms with van der Waals surface area (Å²) in [6.45, 7) is 14.6. The van der Waals surface area contributed by atoms with Gasteiger partial charge in [0.05, 0.1) is 6.04 Å².